The van der Waals surface area contributed by atoms with Crippen LogP contribution in [0.2, 0.25) is 0 Å². The van der Waals surface area contributed by atoms with E-state index in [0.29, 0.717) is 11.3 Å². The Kier molecular flexibility index (Phi) is 5.69. The Balaban J connectivity index is 1.84. The quantitative estimate of drug-likeness (QED) is 0.798. The molecule has 0 spiro atoms. The lowest BCUT2D eigenvalue weighted by atomic mass is 10.2. The van der Waals surface area contributed by atoms with Crippen LogP contribution in [-0.4, -0.2) is 38.3 Å². The average Bonchev–Trinajstić information content (AvgIpc) is 2.92. The molecule has 0 aliphatic rings. The Morgan fingerprint density at radius 1 is 1.33 bits per heavy atom. The van der Waals surface area contributed by atoms with Gasteiger partial charge in [-0.1, -0.05) is 11.8 Å². The molecule has 1 aromatic carbocycles. The number of benzene rings is 1. The number of thioether (sulfide) groups is 1. The number of aliphatic hydroxyl groups is 1. The summed E-state index contributed by atoms with van der Waals surface area (Å²) in [6, 6.07) is 8.32. The zero-order valence-electron chi connectivity index (χ0n) is 12.5. The van der Waals surface area contributed by atoms with Gasteiger partial charge >= 0.3 is 6.18 Å². The van der Waals surface area contributed by atoms with Crippen LogP contribution >= 0.6 is 11.8 Å². The van der Waals surface area contributed by atoms with E-state index >= 15 is 0 Å². The molecule has 0 saturated carbocycles. The SMILES string of the molecule is Cn1c(SCC(O)COc2ccc(C#N)cc2)nnc1C(F)(F)F. The van der Waals surface area contributed by atoms with Gasteiger partial charge in [-0.05, 0) is 24.3 Å². The lowest BCUT2D eigenvalue weighted by Crippen LogP contribution is -2.20. The zero-order valence-corrected chi connectivity index (χ0v) is 13.3. The summed E-state index contributed by atoms with van der Waals surface area (Å²) >= 11 is 0.950. The van der Waals surface area contributed by atoms with Gasteiger partial charge in [-0.2, -0.15) is 18.4 Å². The molecular weight excluding hydrogens is 345 g/mol. The van der Waals surface area contributed by atoms with Gasteiger partial charge < -0.3 is 14.4 Å². The summed E-state index contributed by atoms with van der Waals surface area (Å²) in [6.45, 7) is -0.0388. The molecule has 2 aromatic rings. The lowest BCUT2D eigenvalue weighted by molar-refractivity contribution is -0.147. The predicted octanol–water partition coefficient (Wildman–Crippen LogP) is 2.24. The largest absolute Gasteiger partial charge is 0.491 e. The molecule has 0 radical (unpaired) electrons. The fourth-order valence-corrected chi connectivity index (χ4v) is 2.54. The summed E-state index contributed by atoms with van der Waals surface area (Å²) in [5.74, 6) is -0.510. The topological polar surface area (TPSA) is 84.0 Å². The van der Waals surface area contributed by atoms with Crippen molar-refractivity contribution in [2.24, 2.45) is 7.05 Å². The van der Waals surface area contributed by atoms with Gasteiger partial charge in [0.1, 0.15) is 12.4 Å². The maximum atomic E-state index is 12.6. The highest BCUT2D eigenvalue weighted by atomic mass is 32.2. The molecule has 1 aromatic heterocycles. The van der Waals surface area contributed by atoms with Gasteiger partial charge in [-0.3, -0.25) is 0 Å². The smallest absolute Gasteiger partial charge is 0.451 e. The van der Waals surface area contributed by atoms with Gasteiger partial charge in [0.2, 0.25) is 5.82 Å². The standard InChI is InChI=1S/C14H13F3N4O2S/c1-21-12(14(15,16)17)19-20-13(21)24-8-10(22)7-23-11-4-2-9(6-18)3-5-11/h2-5,10,22H,7-8H2,1H3. The number of nitriles is 1. The minimum Gasteiger partial charge on any atom is -0.491 e. The third-order valence-corrected chi connectivity index (χ3v) is 4.08. The number of ether oxygens (including phenoxy) is 1. The molecule has 1 atom stereocenters. The number of nitrogens with zero attached hydrogens (tertiary/aromatic N) is 4. The fourth-order valence-electron chi connectivity index (χ4n) is 1.72. The number of halogens is 3. The molecule has 0 aliphatic heterocycles. The highest BCUT2D eigenvalue weighted by Crippen LogP contribution is 2.29. The van der Waals surface area contributed by atoms with E-state index < -0.39 is 18.1 Å². The Morgan fingerprint density at radius 2 is 2.00 bits per heavy atom. The molecule has 128 valence electrons. The Morgan fingerprint density at radius 3 is 2.54 bits per heavy atom. The number of aliphatic hydroxyl groups excluding tert-OH is 1. The second kappa shape index (κ2) is 7.55. The molecular formula is C14H13F3N4O2S. The van der Waals surface area contributed by atoms with Crippen LogP contribution in [0.5, 0.6) is 5.75 Å². The first-order valence-electron chi connectivity index (χ1n) is 6.71. The molecule has 0 bridgehead atoms. The maximum Gasteiger partial charge on any atom is 0.451 e. The van der Waals surface area contributed by atoms with Crippen LogP contribution in [0, 0.1) is 11.3 Å². The van der Waals surface area contributed by atoms with Crippen molar-refractivity contribution < 1.29 is 23.0 Å². The van der Waals surface area contributed by atoms with Crippen molar-refractivity contribution in [3.8, 4) is 11.8 Å². The minimum absolute atomic E-state index is 0.0388. The summed E-state index contributed by atoms with van der Waals surface area (Å²) in [5, 5.41) is 25.2. The van der Waals surface area contributed by atoms with Crippen LogP contribution in [-0.2, 0) is 13.2 Å². The summed E-state index contributed by atoms with van der Waals surface area (Å²) in [5.41, 5.74) is 0.487. The zero-order chi connectivity index (χ0) is 17.7. The summed E-state index contributed by atoms with van der Waals surface area (Å²) in [4.78, 5) is 0. The van der Waals surface area contributed by atoms with Crippen LogP contribution < -0.4 is 4.74 Å². The molecule has 10 heteroatoms. The monoisotopic (exact) mass is 358 g/mol. The molecule has 1 N–H and O–H groups in total. The molecule has 6 nitrogen and oxygen atoms in total. The highest BCUT2D eigenvalue weighted by Gasteiger charge is 2.37. The Hall–Kier alpha value is -2.25. The normalized spacial score (nSPS) is 12.7. The van der Waals surface area contributed by atoms with Crippen LogP contribution in [0.1, 0.15) is 11.4 Å². The van der Waals surface area contributed by atoms with Gasteiger partial charge in [0.25, 0.3) is 0 Å². The van der Waals surface area contributed by atoms with Crippen molar-refractivity contribution in [1.29, 1.82) is 5.26 Å². The Labute approximate surface area is 139 Å². The molecule has 24 heavy (non-hydrogen) atoms. The fraction of sp³-hybridized carbons (Fsp3) is 0.357. The van der Waals surface area contributed by atoms with E-state index in [4.69, 9.17) is 10.00 Å². The first-order valence-corrected chi connectivity index (χ1v) is 7.70. The first-order chi connectivity index (χ1) is 11.3. The molecule has 0 amide bonds. The molecule has 0 fully saturated rings. The molecule has 1 heterocycles. The van der Waals surface area contributed by atoms with Crippen molar-refractivity contribution in [3.63, 3.8) is 0 Å². The summed E-state index contributed by atoms with van der Waals surface area (Å²) < 4.78 is 44.0. The van der Waals surface area contributed by atoms with Crippen molar-refractivity contribution in [3.05, 3.63) is 35.7 Å². The van der Waals surface area contributed by atoms with Crippen molar-refractivity contribution in [1.82, 2.24) is 14.8 Å². The first kappa shape index (κ1) is 18.1. The molecule has 1 unspecified atom stereocenters. The summed E-state index contributed by atoms with van der Waals surface area (Å²) in [7, 11) is 1.21. The van der Waals surface area contributed by atoms with E-state index in [9.17, 15) is 18.3 Å². The molecule has 0 aliphatic carbocycles. The second-order valence-corrected chi connectivity index (χ2v) is 5.76. The van der Waals surface area contributed by atoms with Crippen LogP contribution in [0.3, 0.4) is 0 Å². The van der Waals surface area contributed by atoms with E-state index in [-0.39, 0.29) is 17.5 Å². The Bertz CT molecular complexity index is 725. The van der Waals surface area contributed by atoms with Gasteiger partial charge in [0.05, 0.1) is 17.7 Å². The number of hydrogen-bond acceptors (Lipinski definition) is 6. The average molecular weight is 358 g/mol. The van der Waals surface area contributed by atoms with Gasteiger partial charge in [0.15, 0.2) is 5.16 Å². The lowest BCUT2D eigenvalue weighted by Gasteiger charge is -2.12. The van der Waals surface area contributed by atoms with Crippen LogP contribution in [0.15, 0.2) is 29.4 Å². The number of hydrogen-bond donors (Lipinski definition) is 1. The number of rotatable bonds is 6. The predicted molar refractivity (Wildman–Crippen MR) is 79.4 cm³/mol. The molecule has 0 saturated heterocycles. The van der Waals surface area contributed by atoms with Gasteiger partial charge in [-0.15, -0.1) is 10.2 Å². The third kappa shape index (κ3) is 4.62. The van der Waals surface area contributed by atoms with Gasteiger partial charge in [0, 0.05) is 12.8 Å². The number of alkyl halides is 3. The van der Waals surface area contributed by atoms with Crippen LogP contribution in [0.4, 0.5) is 13.2 Å². The summed E-state index contributed by atoms with van der Waals surface area (Å²) in [6.07, 6.45) is -5.48. The van der Waals surface area contributed by atoms with Gasteiger partial charge in [-0.25, -0.2) is 0 Å². The molecule has 2 rings (SSSR count). The second-order valence-electron chi connectivity index (χ2n) is 4.77. The van der Waals surface area contributed by atoms with Crippen molar-refractivity contribution >= 4 is 11.8 Å². The maximum absolute atomic E-state index is 12.6. The van der Waals surface area contributed by atoms with E-state index in [0.717, 1.165) is 16.3 Å². The minimum atomic E-state index is -4.57. The third-order valence-electron chi connectivity index (χ3n) is 2.92. The highest BCUT2D eigenvalue weighted by molar-refractivity contribution is 7.99. The van der Waals surface area contributed by atoms with Crippen molar-refractivity contribution in [2.75, 3.05) is 12.4 Å². The number of aromatic nitrogens is 3. The van der Waals surface area contributed by atoms with Crippen LogP contribution in [0.25, 0.3) is 0 Å². The van der Waals surface area contributed by atoms with Crippen molar-refractivity contribution in [2.45, 2.75) is 17.4 Å². The van der Waals surface area contributed by atoms with E-state index in [1.165, 1.54) is 7.05 Å². The van der Waals surface area contributed by atoms with E-state index in [2.05, 4.69) is 10.2 Å². The van der Waals surface area contributed by atoms with E-state index in [1.807, 2.05) is 6.07 Å². The van der Waals surface area contributed by atoms with E-state index in [1.54, 1.807) is 24.3 Å².